The summed E-state index contributed by atoms with van der Waals surface area (Å²) in [5, 5.41) is 9.29. The number of carbonyl (C=O) groups is 2. The van der Waals surface area contributed by atoms with Crippen LogP contribution in [-0.2, 0) is 11.2 Å². The molecule has 0 aliphatic heterocycles. The number of unbranched alkanes of at least 4 members (excludes halogenated alkanes) is 1. The molecule has 0 fully saturated rings. The Kier molecular flexibility index (Phi) is 8.91. The van der Waals surface area contributed by atoms with Crippen LogP contribution in [0.25, 0.3) is 0 Å². The maximum atomic E-state index is 12.1. The molecule has 148 valence electrons. The Hall–Kier alpha value is -2.44. The van der Waals surface area contributed by atoms with Crippen molar-refractivity contribution in [2.45, 2.75) is 32.6 Å². The predicted molar refractivity (Wildman–Crippen MR) is 118 cm³/mol. The first-order valence-corrected chi connectivity index (χ1v) is 10.0. The van der Waals surface area contributed by atoms with Gasteiger partial charge in [-0.15, -0.1) is 0 Å². The third-order valence-corrected chi connectivity index (χ3v) is 4.60. The summed E-state index contributed by atoms with van der Waals surface area (Å²) >= 11 is 11.3. The van der Waals surface area contributed by atoms with E-state index in [2.05, 4.69) is 22.9 Å². The van der Waals surface area contributed by atoms with Crippen molar-refractivity contribution < 1.29 is 9.59 Å². The minimum absolute atomic E-state index is 0.133. The smallest absolute Gasteiger partial charge is 0.251 e. The number of hydrogen-bond acceptors (Lipinski definition) is 3. The molecule has 0 bridgehead atoms. The van der Waals surface area contributed by atoms with Crippen LogP contribution in [0.1, 0.15) is 42.1 Å². The van der Waals surface area contributed by atoms with Crippen LogP contribution >= 0.6 is 23.8 Å². The van der Waals surface area contributed by atoms with Crippen molar-refractivity contribution in [3.8, 4) is 0 Å². The molecular formula is C21H24ClN3O2S. The predicted octanol–water partition coefficient (Wildman–Crippen LogP) is 4.32. The molecule has 0 aromatic heterocycles. The molecule has 0 aliphatic rings. The van der Waals surface area contributed by atoms with Gasteiger partial charge >= 0.3 is 0 Å². The van der Waals surface area contributed by atoms with E-state index in [9.17, 15) is 9.59 Å². The highest BCUT2D eigenvalue weighted by molar-refractivity contribution is 7.80. The van der Waals surface area contributed by atoms with Gasteiger partial charge in [0.1, 0.15) is 0 Å². The molecule has 0 spiro atoms. The first-order chi connectivity index (χ1) is 13.5. The lowest BCUT2D eigenvalue weighted by molar-refractivity contribution is -0.119. The normalized spacial score (nSPS) is 10.2. The summed E-state index contributed by atoms with van der Waals surface area (Å²) in [7, 11) is 0. The summed E-state index contributed by atoms with van der Waals surface area (Å²) in [6.45, 7) is 2.72. The summed E-state index contributed by atoms with van der Waals surface area (Å²) in [6.07, 6.45) is 2.76. The molecule has 3 N–H and O–H groups in total. The molecule has 0 aliphatic carbocycles. The van der Waals surface area contributed by atoms with Crippen molar-refractivity contribution in [3.63, 3.8) is 0 Å². The largest absolute Gasteiger partial charge is 0.352 e. The van der Waals surface area contributed by atoms with Crippen LogP contribution in [0, 0.1) is 0 Å². The molecular weight excluding hydrogens is 394 g/mol. The molecule has 0 heterocycles. The number of nitrogens with one attached hydrogen (secondary N) is 3. The summed E-state index contributed by atoms with van der Waals surface area (Å²) in [5.41, 5.74) is 2.09. The van der Waals surface area contributed by atoms with E-state index in [1.54, 1.807) is 30.3 Å². The molecule has 0 unspecified atom stereocenters. The zero-order valence-electron chi connectivity index (χ0n) is 15.8. The van der Waals surface area contributed by atoms with Crippen LogP contribution in [0.5, 0.6) is 0 Å². The third-order valence-electron chi connectivity index (χ3n) is 4.03. The number of halogens is 1. The number of aryl methyl sites for hydroxylation is 1. The summed E-state index contributed by atoms with van der Waals surface area (Å²) < 4.78 is 0. The number of hydrogen-bond donors (Lipinski definition) is 3. The van der Waals surface area contributed by atoms with Gasteiger partial charge in [-0.25, -0.2) is 0 Å². The fourth-order valence-electron chi connectivity index (χ4n) is 2.52. The molecule has 0 atom stereocenters. The molecule has 7 heteroatoms. The van der Waals surface area contributed by atoms with E-state index >= 15 is 0 Å². The van der Waals surface area contributed by atoms with Crippen molar-refractivity contribution in [2.24, 2.45) is 0 Å². The van der Waals surface area contributed by atoms with Crippen molar-refractivity contribution in [2.75, 3.05) is 11.9 Å². The fourth-order valence-corrected chi connectivity index (χ4v) is 2.98. The lowest BCUT2D eigenvalue weighted by Crippen LogP contribution is -2.34. The van der Waals surface area contributed by atoms with Gasteiger partial charge in [-0.3, -0.25) is 9.59 Å². The van der Waals surface area contributed by atoms with E-state index in [4.69, 9.17) is 23.8 Å². The summed E-state index contributed by atoms with van der Waals surface area (Å²) in [5.74, 6) is -0.335. The van der Waals surface area contributed by atoms with Crippen LogP contribution in [-0.4, -0.2) is 23.5 Å². The van der Waals surface area contributed by atoms with Crippen molar-refractivity contribution in [3.05, 3.63) is 64.7 Å². The van der Waals surface area contributed by atoms with E-state index < -0.39 is 0 Å². The van der Waals surface area contributed by atoms with Crippen molar-refractivity contribution >= 4 is 46.4 Å². The number of benzene rings is 2. The van der Waals surface area contributed by atoms with E-state index in [-0.39, 0.29) is 23.3 Å². The van der Waals surface area contributed by atoms with Crippen LogP contribution < -0.4 is 16.0 Å². The zero-order chi connectivity index (χ0) is 20.4. The van der Waals surface area contributed by atoms with E-state index in [0.717, 1.165) is 18.4 Å². The second kappa shape index (κ2) is 11.4. The van der Waals surface area contributed by atoms with Gasteiger partial charge < -0.3 is 16.0 Å². The SMILES string of the molecule is CCCCNC(=O)c1cccc(NC(=S)NC(=O)CCc2ccccc2Cl)c1. The van der Waals surface area contributed by atoms with Crippen LogP contribution in [0.3, 0.4) is 0 Å². The Balaban J connectivity index is 1.83. The Labute approximate surface area is 175 Å². The number of amides is 2. The zero-order valence-corrected chi connectivity index (χ0v) is 17.3. The highest BCUT2D eigenvalue weighted by Gasteiger charge is 2.09. The van der Waals surface area contributed by atoms with Gasteiger partial charge in [0.25, 0.3) is 5.91 Å². The average molecular weight is 418 g/mol. The summed E-state index contributed by atoms with van der Waals surface area (Å²) in [4.78, 5) is 24.2. The van der Waals surface area contributed by atoms with Crippen molar-refractivity contribution in [1.82, 2.24) is 10.6 Å². The molecule has 2 aromatic carbocycles. The highest BCUT2D eigenvalue weighted by atomic mass is 35.5. The number of anilines is 1. The maximum absolute atomic E-state index is 12.1. The molecule has 0 saturated heterocycles. The highest BCUT2D eigenvalue weighted by Crippen LogP contribution is 2.16. The molecule has 5 nitrogen and oxygen atoms in total. The molecule has 28 heavy (non-hydrogen) atoms. The van der Waals surface area contributed by atoms with E-state index in [0.29, 0.717) is 29.2 Å². The van der Waals surface area contributed by atoms with Crippen LogP contribution in [0.2, 0.25) is 5.02 Å². The van der Waals surface area contributed by atoms with Crippen LogP contribution in [0.4, 0.5) is 5.69 Å². The fraction of sp³-hybridized carbons (Fsp3) is 0.286. The minimum atomic E-state index is -0.203. The van der Waals surface area contributed by atoms with Gasteiger partial charge in [-0.2, -0.15) is 0 Å². The number of thiocarbonyl (C=S) groups is 1. The second-order valence-corrected chi connectivity index (χ2v) is 7.10. The lowest BCUT2D eigenvalue weighted by atomic mass is 10.1. The minimum Gasteiger partial charge on any atom is -0.352 e. The van der Waals surface area contributed by atoms with Gasteiger partial charge in [0, 0.05) is 29.2 Å². The standard InChI is InChI=1S/C21H24ClN3O2S/c1-2-3-13-23-20(27)16-8-6-9-17(14-16)24-21(28)25-19(26)12-11-15-7-4-5-10-18(15)22/h4-10,14H,2-3,11-13H2,1H3,(H,23,27)(H2,24,25,26,28). The molecule has 2 rings (SSSR count). The maximum Gasteiger partial charge on any atom is 0.251 e. The molecule has 2 aromatic rings. The van der Waals surface area contributed by atoms with E-state index in [1.165, 1.54) is 0 Å². The Morgan fingerprint density at radius 1 is 1.11 bits per heavy atom. The van der Waals surface area contributed by atoms with Gasteiger partial charge in [-0.05, 0) is 54.9 Å². The lowest BCUT2D eigenvalue weighted by Gasteiger charge is -2.11. The summed E-state index contributed by atoms with van der Waals surface area (Å²) in [6, 6.07) is 14.4. The quantitative estimate of drug-likeness (QED) is 0.442. The van der Waals surface area contributed by atoms with Crippen molar-refractivity contribution in [1.29, 1.82) is 0 Å². The average Bonchev–Trinajstić information content (AvgIpc) is 2.67. The Morgan fingerprint density at radius 3 is 2.64 bits per heavy atom. The topological polar surface area (TPSA) is 70.2 Å². The number of carbonyl (C=O) groups excluding carboxylic acids is 2. The first-order valence-electron chi connectivity index (χ1n) is 9.22. The van der Waals surface area contributed by atoms with Gasteiger partial charge in [0.05, 0.1) is 0 Å². The first kappa shape index (κ1) is 21.9. The monoisotopic (exact) mass is 417 g/mol. The molecule has 0 saturated carbocycles. The van der Waals surface area contributed by atoms with Gasteiger partial charge in [0.2, 0.25) is 5.91 Å². The van der Waals surface area contributed by atoms with Gasteiger partial charge in [-0.1, -0.05) is 49.2 Å². The van der Waals surface area contributed by atoms with Gasteiger partial charge in [0.15, 0.2) is 5.11 Å². The van der Waals surface area contributed by atoms with Crippen LogP contribution in [0.15, 0.2) is 48.5 Å². The third kappa shape index (κ3) is 7.29. The molecule has 0 radical (unpaired) electrons. The number of rotatable bonds is 8. The Bertz CT molecular complexity index is 842. The second-order valence-electron chi connectivity index (χ2n) is 6.28. The Morgan fingerprint density at radius 2 is 1.89 bits per heavy atom. The van der Waals surface area contributed by atoms with E-state index in [1.807, 2.05) is 18.2 Å². The molecule has 2 amide bonds.